The van der Waals surface area contributed by atoms with Crippen molar-refractivity contribution in [3.8, 4) is 0 Å². The van der Waals surface area contributed by atoms with Gasteiger partial charge in [0, 0.05) is 27.7 Å². The van der Waals surface area contributed by atoms with Crippen molar-refractivity contribution in [2.45, 2.75) is 64.7 Å². The molecule has 5 aliphatic heterocycles. The van der Waals surface area contributed by atoms with E-state index in [-0.39, 0.29) is 0 Å². The Bertz CT molecular complexity index is 695. The van der Waals surface area contributed by atoms with E-state index in [0.29, 0.717) is 12.8 Å². The van der Waals surface area contributed by atoms with Gasteiger partial charge in [0.15, 0.2) is 12.3 Å². The van der Waals surface area contributed by atoms with E-state index in [4.69, 9.17) is 0 Å². The number of amides is 6. The van der Waals surface area contributed by atoms with Crippen LogP contribution in [-0.2, 0) is 28.8 Å². The predicted molar refractivity (Wildman–Crippen MR) is 88.6 cm³/mol. The summed E-state index contributed by atoms with van der Waals surface area (Å²) in [6.07, 6.45) is -4.83. The number of carbonyl (C=O) groups excluding carboxylic acids is 6. The van der Waals surface area contributed by atoms with Crippen molar-refractivity contribution in [1.82, 2.24) is 29.4 Å². The molecule has 6 amide bonds. The van der Waals surface area contributed by atoms with Gasteiger partial charge in [-0.15, -0.1) is 0 Å². The molecule has 5 fully saturated rings. The third-order valence-corrected chi connectivity index (χ3v) is 6.00. The van der Waals surface area contributed by atoms with Crippen LogP contribution in [0.1, 0.15) is 27.7 Å². The second kappa shape index (κ2) is 5.66. The summed E-state index contributed by atoms with van der Waals surface area (Å²) in [6.45, 7) is 5.12. The van der Waals surface area contributed by atoms with E-state index in [1.54, 1.807) is 0 Å². The highest BCUT2D eigenvalue weighted by atomic mass is 16.2. The van der Waals surface area contributed by atoms with Gasteiger partial charge < -0.3 is 0 Å². The lowest BCUT2D eigenvalue weighted by Gasteiger charge is -2.52. The summed E-state index contributed by atoms with van der Waals surface area (Å²) in [6, 6.07) is 0. The van der Waals surface area contributed by atoms with Crippen molar-refractivity contribution in [1.29, 1.82) is 0 Å². The molecule has 5 rings (SSSR count). The molecule has 0 aromatic carbocycles. The van der Waals surface area contributed by atoms with E-state index < -0.39 is 60.6 Å². The number of rotatable bonds is 2. The molecule has 12 heteroatoms. The smallest absolute Gasteiger partial charge is 0.222 e. The maximum atomic E-state index is 12.6. The molecule has 0 spiro atoms. The van der Waals surface area contributed by atoms with Crippen molar-refractivity contribution in [3.05, 3.63) is 0 Å². The van der Waals surface area contributed by atoms with E-state index >= 15 is 0 Å². The Balaban J connectivity index is 2.08. The van der Waals surface area contributed by atoms with Crippen LogP contribution in [0.2, 0.25) is 0 Å². The lowest BCUT2D eigenvalue weighted by Crippen LogP contribution is -2.74. The van der Waals surface area contributed by atoms with Crippen molar-refractivity contribution in [2.24, 2.45) is 0 Å². The lowest BCUT2D eigenvalue weighted by molar-refractivity contribution is -0.178. The highest BCUT2D eigenvalue weighted by Gasteiger charge is 2.74. The number of carbonyl (C=O) groups is 6. The first-order valence-electron chi connectivity index (χ1n) is 8.80. The number of nitrogens with zero attached hydrogens (tertiary/aromatic N) is 6. The molecule has 4 atom stereocenters. The summed E-state index contributed by atoms with van der Waals surface area (Å²) < 4.78 is 0. The van der Waals surface area contributed by atoms with Crippen molar-refractivity contribution in [3.63, 3.8) is 0 Å². The summed E-state index contributed by atoms with van der Waals surface area (Å²) in [5, 5.41) is 0. The number of hydrogen-bond donors (Lipinski definition) is 0. The Morgan fingerprint density at radius 3 is 0.857 bits per heavy atom. The first kappa shape index (κ1) is 18.2. The van der Waals surface area contributed by atoms with Crippen LogP contribution in [0.25, 0.3) is 0 Å². The fourth-order valence-corrected chi connectivity index (χ4v) is 5.29. The fraction of sp³-hybridized carbons (Fsp3) is 0.625. The van der Waals surface area contributed by atoms with Gasteiger partial charge in [-0.05, 0) is 0 Å². The van der Waals surface area contributed by atoms with Gasteiger partial charge in [0.1, 0.15) is 24.7 Å². The standard InChI is InChI=1S/C16H20N6O6/c1-7(25)19-11-12-18(6-24)14-13(17(11)5-23)21(9(3)27)16(22(14)10(4)28)15(19)20(12)8(2)26/h5-6,11-16H,1-4H3/t11-,12-,13+,14+,15?,16?. The summed E-state index contributed by atoms with van der Waals surface area (Å²) >= 11 is 0. The maximum Gasteiger partial charge on any atom is 0.222 e. The second-order valence-corrected chi connectivity index (χ2v) is 7.29. The van der Waals surface area contributed by atoms with Gasteiger partial charge in [-0.25, -0.2) is 0 Å². The SMILES string of the molecule is CC(=O)N1C2C3N(C(C)=O)[C@@H]4[C@@H](N3C(C)=O)N(C=O)[C@H]([C@H]1N4C=O)N2C(C)=O. The minimum absolute atomic E-state index is 0.445. The molecular formula is C16H20N6O6. The molecule has 6 bridgehead atoms. The average molecular weight is 392 g/mol. The zero-order chi connectivity index (χ0) is 20.7. The van der Waals surface area contributed by atoms with Gasteiger partial charge in [0.25, 0.3) is 0 Å². The minimum atomic E-state index is -1.01. The lowest BCUT2D eigenvalue weighted by atomic mass is 10.1. The van der Waals surface area contributed by atoms with Gasteiger partial charge in [-0.1, -0.05) is 0 Å². The Hall–Kier alpha value is -3.18. The third kappa shape index (κ3) is 1.84. The highest BCUT2D eigenvalue weighted by molar-refractivity contribution is 5.85. The third-order valence-electron chi connectivity index (χ3n) is 6.00. The zero-order valence-electron chi connectivity index (χ0n) is 15.8. The molecule has 0 aromatic heterocycles. The van der Waals surface area contributed by atoms with Crippen LogP contribution >= 0.6 is 0 Å². The van der Waals surface area contributed by atoms with Crippen LogP contribution < -0.4 is 0 Å². The maximum absolute atomic E-state index is 12.6. The predicted octanol–water partition coefficient (Wildman–Crippen LogP) is -2.69. The first-order valence-corrected chi connectivity index (χ1v) is 8.80. The van der Waals surface area contributed by atoms with Gasteiger partial charge in [0.2, 0.25) is 36.4 Å². The van der Waals surface area contributed by atoms with Gasteiger partial charge >= 0.3 is 0 Å². The highest BCUT2D eigenvalue weighted by Crippen LogP contribution is 2.50. The van der Waals surface area contributed by atoms with E-state index in [9.17, 15) is 28.8 Å². The Labute approximate surface area is 160 Å². The molecule has 0 radical (unpaired) electrons. The van der Waals surface area contributed by atoms with Gasteiger partial charge in [-0.3, -0.25) is 58.2 Å². The molecule has 0 saturated carbocycles. The molecule has 0 aliphatic carbocycles. The summed E-state index contributed by atoms with van der Waals surface area (Å²) in [7, 11) is 0. The molecule has 28 heavy (non-hydrogen) atoms. The topological polar surface area (TPSA) is 122 Å². The van der Waals surface area contributed by atoms with Gasteiger partial charge in [-0.2, -0.15) is 0 Å². The molecule has 5 heterocycles. The van der Waals surface area contributed by atoms with Crippen molar-refractivity contribution in [2.75, 3.05) is 0 Å². The Morgan fingerprint density at radius 2 is 0.714 bits per heavy atom. The van der Waals surface area contributed by atoms with Crippen LogP contribution in [0.15, 0.2) is 0 Å². The van der Waals surface area contributed by atoms with E-state index in [0.717, 1.165) is 0 Å². The van der Waals surface area contributed by atoms with Crippen LogP contribution in [0.3, 0.4) is 0 Å². The van der Waals surface area contributed by atoms with E-state index in [2.05, 4.69) is 0 Å². The fourth-order valence-electron chi connectivity index (χ4n) is 5.29. The largest absolute Gasteiger partial charge is 0.296 e. The molecule has 5 saturated heterocycles. The van der Waals surface area contributed by atoms with Gasteiger partial charge in [0.05, 0.1) is 0 Å². The second-order valence-electron chi connectivity index (χ2n) is 7.29. The normalized spacial score (nSPS) is 34.9. The van der Waals surface area contributed by atoms with Crippen LogP contribution in [0.5, 0.6) is 0 Å². The zero-order valence-corrected chi connectivity index (χ0v) is 15.8. The monoisotopic (exact) mass is 392 g/mol. The summed E-state index contributed by atoms with van der Waals surface area (Å²) in [5.41, 5.74) is 0. The summed E-state index contributed by atoms with van der Waals surface area (Å²) in [5.74, 6) is -1.78. The molecule has 12 nitrogen and oxygen atoms in total. The molecule has 0 aromatic rings. The Kier molecular flexibility index (Phi) is 3.68. The quantitative estimate of drug-likeness (QED) is 0.472. The molecule has 0 unspecified atom stereocenters. The summed E-state index contributed by atoms with van der Waals surface area (Å²) in [4.78, 5) is 82.1. The van der Waals surface area contributed by atoms with Crippen LogP contribution in [0, 0.1) is 0 Å². The number of piperazine rings is 1. The first-order chi connectivity index (χ1) is 13.2. The molecule has 150 valence electrons. The average Bonchev–Trinajstić information content (AvgIpc) is 3.05. The molecule has 5 aliphatic rings. The van der Waals surface area contributed by atoms with E-state index in [1.165, 1.54) is 57.1 Å². The van der Waals surface area contributed by atoms with E-state index in [1.807, 2.05) is 0 Å². The van der Waals surface area contributed by atoms with Crippen molar-refractivity contribution < 1.29 is 28.8 Å². The minimum Gasteiger partial charge on any atom is -0.296 e. The van der Waals surface area contributed by atoms with Crippen molar-refractivity contribution >= 4 is 36.4 Å². The Morgan fingerprint density at radius 1 is 0.500 bits per heavy atom. The number of hydrogen-bond acceptors (Lipinski definition) is 6. The molecule has 0 N–H and O–H groups in total. The van der Waals surface area contributed by atoms with Crippen LogP contribution in [0.4, 0.5) is 0 Å². The molecular weight excluding hydrogens is 372 g/mol. The van der Waals surface area contributed by atoms with Crippen LogP contribution in [-0.4, -0.2) is 103 Å².